The average molecular weight is 236 g/mol. The molecule has 3 rings (SSSR count). The summed E-state index contributed by atoms with van der Waals surface area (Å²) in [6, 6.07) is 14.6. The number of nitrogens with zero attached hydrogens (tertiary/aromatic N) is 3. The van der Waals surface area contributed by atoms with Crippen molar-refractivity contribution in [2.24, 2.45) is 0 Å². The number of benzene rings is 1. The van der Waals surface area contributed by atoms with Crippen molar-refractivity contribution in [1.82, 2.24) is 9.79 Å². The van der Waals surface area contributed by atoms with E-state index in [-0.39, 0.29) is 0 Å². The number of anilines is 1. The van der Waals surface area contributed by atoms with Gasteiger partial charge in [0.05, 0.1) is 0 Å². The second kappa shape index (κ2) is 4.82. The van der Waals surface area contributed by atoms with Gasteiger partial charge >= 0.3 is 7.55 Å². The van der Waals surface area contributed by atoms with Gasteiger partial charge in [-0.05, 0) is 30.3 Å². The summed E-state index contributed by atoms with van der Waals surface area (Å²) in [6.45, 7) is 2.05. The van der Waals surface area contributed by atoms with Crippen molar-refractivity contribution < 1.29 is 0 Å². The molecule has 0 aliphatic carbocycles. The maximum absolute atomic E-state index is 4.45. The van der Waals surface area contributed by atoms with E-state index >= 15 is 0 Å². The molecule has 1 fully saturated rings. The molecule has 1 aliphatic rings. The van der Waals surface area contributed by atoms with Crippen LogP contribution in [0.5, 0.6) is 0 Å². The molecule has 1 aromatic carbocycles. The van der Waals surface area contributed by atoms with Crippen LogP contribution in [0.25, 0.3) is 11.1 Å². The minimum absolute atomic E-state index is 1.00. The molecule has 1 aliphatic heterocycles. The Morgan fingerprint density at radius 3 is 2.61 bits per heavy atom. The Bertz CT molecular complexity index is 530. The fourth-order valence-electron chi connectivity index (χ4n) is 2.18. The highest BCUT2D eigenvalue weighted by atomic mass is 15.3. The molecule has 0 amide bonds. The summed E-state index contributed by atoms with van der Waals surface area (Å²) in [5.41, 5.74) is 2.44. The molecule has 0 atom stereocenters. The van der Waals surface area contributed by atoms with Crippen LogP contribution in [0.3, 0.4) is 0 Å². The van der Waals surface area contributed by atoms with Gasteiger partial charge < -0.3 is 9.62 Å². The zero-order valence-corrected chi connectivity index (χ0v) is 10.5. The van der Waals surface area contributed by atoms with E-state index in [0.29, 0.717) is 0 Å². The lowest BCUT2D eigenvalue weighted by atomic mass is 10.1. The summed E-state index contributed by atoms with van der Waals surface area (Å²) in [4.78, 5) is 8.81. The maximum Gasteiger partial charge on any atom is 0.353 e. The van der Waals surface area contributed by atoms with E-state index in [0.717, 1.165) is 18.9 Å². The topological polar surface area (TPSA) is 19.4 Å². The fourth-order valence-corrected chi connectivity index (χ4v) is 2.18. The molecule has 3 nitrogen and oxygen atoms in total. The van der Waals surface area contributed by atoms with Gasteiger partial charge in [-0.15, -0.1) is 0 Å². The lowest BCUT2D eigenvalue weighted by Crippen LogP contribution is -2.27. The molecule has 2 heterocycles. The smallest absolute Gasteiger partial charge is 0.353 e. The second-order valence-electron chi connectivity index (χ2n) is 4.56. The first-order valence-electron chi connectivity index (χ1n) is 6.16. The Balaban J connectivity index is 1.90. The third-order valence-corrected chi connectivity index (χ3v) is 3.18. The molecule has 0 saturated carbocycles. The predicted molar refractivity (Wildman–Crippen MR) is 75.4 cm³/mol. The van der Waals surface area contributed by atoms with Gasteiger partial charge in [-0.2, -0.15) is 0 Å². The quantitative estimate of drug-likeness (QED) is 0.744. The highest BCUT2D eigenvalue weighted by Crippen LogP contribution is 2.23. The van der Waals surface area contributed by atoms with Crippen molar-refractivity contribution in [2.75, 3.05) is 24.9 Å². The molecule has 18 heavy (non-hydrogen) atoms. The van der Waals surface area contributed by atoms with E-state index in [1.165, 1.54) is 11.1 Å². The summed E-state index contributed by atoms with van der Waals surface area (Å²) < 4.78 is 0. The minimum atomic E-state index is 1.00. The van der Waals surface area contributed by atoms with Gasteiger partial charge in [-0.25, -0.2) is 4.98 Å². The molecule has 0 spiro atoms. The third kappa shape index (κ3) is 2.24. The van der Waals surface area contributed by atoms with Crippen molar-refractivity contribution in [3.63, 3.8) is 0 Å². The predicted octanol–water partition coefficient (Wildman–Crippen LogP) is 2.03. The van der Waals surface area contributed by atoms with Gasteiger partial charge in [0.25, 0.3) is 0 Å². The van der Waals surface area contributed by atoms with E-state index in [1.807, 2.05) is 12.3 Å². The van der Waals surface area contributed by atoms with Crippen LogP contribution in [0, 0.1) is 0 Å². The minimum Gasteiger partial charge on any atom is -0.388 e. The second-order valence-corrected chi connectivity index (χ2v) is 4.56. The summed E-state index contributed by atoms with van der Waals surface area (Å²) in [5.74, 6) is 1.01. The molecular weight excluding hydrogens is 221 g/mol. The van der Waals surface area contributed by atoms with Gasteiger partial charge in [0.15, 0.2) is 0 Å². The van der Waals surface area contributed by atoms with Crippen molar-refractivity contribution >= 4 is 13.4 Å². The van der Waals surface area contributed by atoms with Gasteiger partial charge in [0.2, 0.25) is 0 Å². The Morgan fingerprint density at radius 2 is 1.89 bits per heavy atom. The van der Waals surface area contributed by atoms with Crippen LogP contribution >= 0.6 is 0 Å². The third-order valence-electron chi connectivity index (χ3n) is 3.18. The number of hydrogen-bond acceptors (Lipinski definition) is 3. The summed E-state index contributed by atoms with van der Waals surface area (Å²) in [5, 5.41) is 0. The molecule has 1 aromatic heterocycles. The lowest BCUT2D eigenvalue weighted by molar-refractivity contribution is 0.590. The Hall–Kier alpha value is -1.81. The highest BCUT2D eigenvalue weighted by molar-refractivity contribution is 6.39. The van der Waals surface area contributed by atoms with Gasteiger partial charge in [0.1, 0.15) is 5.82 Å². The molecule has 0 unspecified atom stereocenters. The van der Waals surface area contributed by atoms with E-state index < -0.39 is 0 Å². The first-order valence-corrected chi connectivity index (χ1v) is 6.16. The number of likely N-dealkylation sites (N-methyl/N-ethyl adjacent to an activating group) is 1. The van der Waals surface area contributed by atoms with Crippen molar-refractivity contribution in [2.45, 2.75) is 0 Å². The number of pyridine rings is 1. The van der Waals surface area contributed by atoms with Gasteiger partial charge in [-0.1, -0.05) is 30.3 Å². The van der Waals surface area contributed by atoms with E-state index in [2.05, 4.69) is 65.6 Å². The molecule has 1 radical (unpaired) electrons. The van der Waals surface area contributed by atoms with E-state index in [4.69, 9.17) is 0 Å². The van der Waals surface area contributed by atoms with E-state index in [9.17, 15) is 0 Å². The molecule has 89 valence electrons. The highest BCUT2D eigenvalue weighted by Gasteiger charge is 2.20. The Kier molecular flexibility index (Phi) is 3.03. The van der Waals surface area contributed by atoms with Gasteiger partial charge in [0, 0.05) is 19.3 Å². The Labute approximate surface area is 108 Å². The SMILES string of the molecule is CN1[B]N(c2cc(-c3ccccc3)ccn2)CC1. The molecule has 2 aromatic rings. The number of aromatic nitrogens is 1. The standard InChI is InChI=1S/C14H15BN3/c1-17-9-10-18(15-17)14-11-13(7-8-16-14)12-5-3-2-4-6-12/h2-8,11H,9-10H2,1H3. The molecular formula is C14H15BN3. The van der Waals surface area contributed by atoms with E-state index in [1.54, 1.807) is 0 Å². The zero-order valence-electron chi connectivity index (χ0n) is 10.5. The normalized spacial score (nSPS) is 15.7. The van der Waals surface area contributed by atoms with Crippen LogP contribution in [0.15, 0.2) is 48.7 Å². The number of hydrogen-bond donors (Lipinski definition) is 0. The van der Waals surface area contributed by atoms with Crippen molar-refractivity contribution in [3.05, 3.63) is 48.7 Å². The number of rotatable bonds is 2. The van der Waals surface area contributed by atoms with Crippen LogP contribution in [-0.4, -0.2) is 37.5 Å². The van der Waals surface area contributed by atoms with Crippen LogP contribution in [0.4, 0.5) is 5.82 Å². The first kappa shape index (κ1) is 11.3. The monoisotopic (exact) mass is 236 g/mol. The van der Waals surface area contributed by atoms with Crippen molar-refractivity contribution in [1.29, 1.82) is 0 Å². The molecule has 0 bridgehead atoms. The van der Waals surface area contributed by atoms with Crippen LogP contribution in [0.2, 0.25) is 0 Å². The fraction of sp³-hybridized carbons (Fsp3) is 0.214. The average Bonchev–Trinajstić information content (AvgIpc) is 2.87. The van der Waals surface area contributed by atoms with Crippen LogP contribution < -0.4 is 4.81 Å². The zero-order chi connectivity index (χ0) is 12.4. The molecule has 4 heteroatoms. The summed E-state index contributed by atoms with van der Waals surface area (Å²) >= 11 is 0. The largest absolute Gasteiger partial charge is 0.388 e. The lowest BCUT2D eigenvalue weighted by Gasteiger charge is -2.16. The summed E-state index contributed by atoms with van der Waals surface area (Å²) in [7, 11) is 4.19. The van der Waals surface area contributed by atoms with Crippen LogP contribution in [0.1, 0.15) is 0 Å². The Morgan fingerprint density at radius 1 is 1.06 bits per heavy atom. The van der Waals surface area contributed by atoms with Gasteiger partial charge in [-0.3, -0.25) is 0 Å². The van der Waals surface area contributed by atoms with Crippen molar-refractivity contribution in [3.8, 4) is 11.1 Å². The first-order chi connectivity index (χ1) is 8.83. The molecule has 0 N–H and O–H groups in total. The summed E-state index contributed by atoms with van der Waals surface area (Å²) in [6.07, 6.45) is 1.88. The van der Waals surface area contributed by atoms with Crippen LogP contribution in [-0.2, 0) is 0 Å². The molecule has 1 saturated heterocycles. The maximum atomic E-state index is 4.45.